The lowest BCUT2D eigenvalue weighted by atomic mass is 10.1. The number of nitrogens with two attached hydrogens (primary N) is 1. The molecule has 0 atom stereocenters. The van der Waals surface area contributed by atoms with Gasteiger partial charge in [-0.05, 0) is 18.1 Å². The van der Waals surface area contributed by atoms with E-state index in [1.54, 1.807) is 0 Å². The highest BCUT2D eigenvalue weighted by Gasteiger charge is 2.15. The molecule has 0 radical (unpaired) electrons. The summed E-state index contributed by atoms with van der Waals surface area (Å²) in [5, 5.41) is 0. The minimum atomic E-state index is 0.899. The van der Waals surface area contributed by atoms with Crippen LogP contribution in [0.2, 0.25) is 0 Å². The van der Waals surface area contributed by atoms with Gasteiger partial charge in [-0.15, -0.1) is 0 Å². The van der Waals surface area contributed by atoms with Gasteiger partial charge in [0.2, 0.25) is 0 Å². The maximum Gasteiger partial charge on any atom is 0.0205 e. The Labute approximate surface area is 78.6 Å². The zero-order valence-corrected chi connectivity index (χ0v) is 7.75. The van der Waals surface area contributed by atoms with Crippen molar-refractivity contribution in [2.75, 3.05) is 0 Å². The lowest BCUT2D eigenvalue weighted by Gasteiger charge is -1.99. The molecule has 0 amide bonds. The molecule has 0 unspecified atom stereocenters. The van der Waals surface area contributed by atoms with E-state index in [4.69, 9.17) is 5.73 Å². The zero-order valence-electron chi connectivity index (χ0n) is 7.75. The molecule has 0 fully saturated rings. The summed E-state index contributed by atoms with van der Waals surface area (Å²) in [6.45, 7) is 2.02. The summed E-state index contributed by atoms with van der Waals surface area (Å²) in [5.74, 6) is 0. The minimum Gasteiger partial charge on any atom is -0.401 e. The zero-order chi connectivity index (χ0) is 9.26. The Morgan fingerprint density at radius 2 is 2.08 bits per heavy atom. The number of hydrogen-bond donors (Lipinski definition) is 1. The summed E-state index contributed by atoms with van der Waals surface area (Å²) in [7, 11) is 0. The first-order valence-electron chi connectivity index (χ1n) is 4.52. The van der Waals surface area contributed by atoms with Crippen LogP contribution >= 0.6 is 0 Å². The van der Waals surface area contributed by atoms with Crippen LogP contribution in [-0.2, 0) is 6.42 Å². The van der Waals surface area contributed by atoms with Crippen LogP contribution in [-0.4, -0.2) is 0 Å². The predicted molar refractivity (Wildman–Crippen MR) is 56.1 cm³/mol. The van der Waals surface area contributed by atoms with E-state index in [2.05, 4.69) is 30.3 Å². The maximum atomic E-state index is 5.94. The monoisotopic (exact) mass is 171 g/mol. The minimum absolute atomic E-state index is 0.899. The number of fused-ring (bicyclic) bond motifs is 1. The average Bonchev–Trinajstić information content (AvgIpc) is 2.44. The second-order valence-corrected chi connectivity index (χ2v) is 3.27. The Bertz CT molecular complexity index is 386. The summed E-state index contributed by atoms with van der Waals surface area (Å²) in [4.78, 5) is 0. The molecule has 1 aliphatic rings. The average molecular weight is 171 g/mol. The van der Waals surface area contributed by atoms with Crippen molar-refractivity contribution in [3.05, 3.63) is 53.2 Å². The van der Waals surface area contributed by atoms with Gasteiger partial charge in [0.05, 0.1) is 0 Å². The van der Waals surface area contributed by atoms with Crippen molar-refractivity contribution in [1.29, 1.82) is 0 Å². The van der Waals surface area contributed by atoms with Crippen molar-refractivity contribution < 1.29 is 0 Å². The van der Waals surface area contributed by atoms with E-state index in [0.717, 1.165) is 12.1 Å². The van der Waals surface area contributed by atoms with Gasteiger partial charge in [0.1, 0.15) is 0 Å². The standard InChI is InChI=1S/C12H13N/c1-2-5-11-10-7-4-3-6-9(10)8-12(11)13/h2-7H,8,13H2,1H3/b5-2-. The van der Waals surface area contributed by atoms with Crippen molar-refractivity contribution in [1.82, 2.24) is 0 Å². The van der Waals surface area contributed by atoms with Gasteiger partial charge in [0.15, 0.2) is 0 Å². The first-order chi connectivity index (χ1) is 6.33. The molecule has 1 aromatic rings. The summed E-state index contributed by atoms with van der Waals surface area (Å²) >= 11 is 0. The molecule has 0 aliphatic heterocycles. The molecular weight excluding hydrogens is 158 g/mol. The van der Waals surface area contributed by atoms with E-state index >= 15 is 0 Å². The maximum absolute atomic E-state index is 5.94. The Kier molecular flexibility index (Phi) is 1.93. The largest absolute Gasteiger partial charge is 0.401 e. The predicted octanol–water partition coefficient (Wildman–Crippen LogP) is 2.49. The van der Waals surface area contributed by atoms with E-state index in [9.17, 15) is 0 Å². The first-order valence-corrected chi connectivity index (χ1v) is 4.52. The van der Waals surface area contributed by atoms with Crippen LogP contribution in [0.1, 0.15) is 18.1 Å². The van der Waals surface area contributed by atoms with E-state index in [1.807, 2.05) is 13.0 Å². The summed E-state index contributed by atoms with van der Waals surface area (Å²) in [6.07, 6.45) is 5.02. The fourth-order valence-electron chi connectivity index (χ4n) is 1.77. The number of allylic oxidation sites excluding steroid dienone is 4. The molecule has 0 bridgehead atoms. The van der Waals surface area contributed by atoms with Gasteiger partial charge < -0.3 is 5.73 Å². The van der Waals surface area contributed by atoms with Crippen LogP contribution in [0.3, 0.4) is 0 Å². The molecule has 0 aromatic heterocycles. The highest BCUT2D eigenvalue weighted by atomic mass is 14.6. The summed E-state index contributed by atoms with van der Waals surface area (Å²) in [5.41, 5.74) is 10.8. The Balaban J connectivity index is 2.53. The molecule has 66 valence electrons. The fourth-order valence-corrected chi connectivity index (χ4v) is 1.77. The van der Waals surface area contributed by atoms with Gasteiger partial charge in [-0.1, -0.05) is 36.4 Å². The Morgan fingerprint density at radius 3 is 2.85 bits per heavy atom. The summed E-state index contributed by atoms with van der Waals surface area (Å²) < 4.78 is 0. The molecule has 1 heteroatoms. The molecule has 2 rings (SSSR count). The van der Waals surface area contributed by atoms with Gasteiger partial charge in [-0.2, -0.15) is 0 Å². The van der Waals surface area contributed by atoms with E-state index in [-0.39, 0.29) is 0 Å². The normalized spacial score (nSPS) is 15.5. The number of benzene rings is 1. The number of rotatable bonds is 1. The molecule has 13 heavy (non-hydrogen) atoms. The lowest BCUT2D eigenvalue weighted by Crippen LogP contribution is -1.96. The van der Waals surface area contributed by atoms with Crippen LogP contribution in [0.15, 0.2) is 42.1 Å². The van der Waals surface area contributed by atoms with Crippen LogP contribution in [0.5, 0.6) is 0 Å². The lowest BCUT2D eigenvalue weighted by molar-refractivity contribution is 1.16. The first kappa shape index (κ1) is 8.11. The third kappa shape index (κ3) is 1.26. The van der Waals surface area contributed by atoms with Crippen molar-refractivity contribution in [2.45, 2.75) is 13.3 Å². The van der Waals surface area contributed by atoms with Gasteiger partial charge in [0, 0.05) is 17.7 Å². The molecule has 0 spiro atoms. The second-order valence-electron chi connectivity index (χ2n) is 3.27. The SMILES string of the molecule is C/C=C\C1=C(N)Cc2ccccc21. The van der Waals surface area contributed by atoms with Crippen LogP contribution in [0.25, 0.3) is 5.57 Å². The van der Waals surface area contributed by atoms with E-state index in [1.165, 1.54) is 16.7 Å². The molecule has 2 N–H and O–H groups in total. The molecule has 0 saturated heterocycles. The Hall–Kier alpha value is -1.50. The topological polar surface area (TPSA) is 26.0 Å². The molecule has 0 saturated carbocycles. The Morgan fingerprint density at radius 1 is 1.31 bits per heavy atom. The van der Waals surface area contributed by atoms with E-state index < -0.39 is 0 Å². The molecule has 1 aliphatic carbocycles. The van der Waals surface area contributed by atoms with Gasteiger partial charge in [-0.3, -0.25) is 0 Å². The van der Waals surface area contributed by atoms with E-state index in [0.29, 0.717) is 0 Å². The molecular formula is C12H13N. The molecule has 1 aromatic carbocycles. The molecule has 0 heterocycles. The van der Waals surface area contributed by atoms with Gasteiger partial charge >= 0.3 is 0 Å². The van der Waals surface area contributed by atoms with Crippen LogP contribution in [0.4, 0.5) is 0 Å². The smallest absolute Gasteiger partial charge is 0.0205 e. The van der Waals surface area contributed by atoms with Gasteiger partial charge in [0.25, 0.3) is 0 Å². The van der Waals surface area contributed by atoms with Gasteiger partial charge in [-0.25, -0.2) is 0 Å². The van der Waals surface area contributed by atoms with Crippen molar-refractivity contribution in [3.63, 3.8) is 0 Å². The highest BCUT2D eigenvalue weighted by molar-refractivity contribution is 5.82. The number of hydrogen-bond acceptors (Lipinski definition) is 1. The quantitative estimate of drug-likeness (QED) is 0.690. The van der Waals surface area contributed by atoms with Crippen LogP contribution in [0, 0.1) is 0 Å². The fraction of sp³-hybridized carbons (Fsp3) is 0.167. The van der Waals surface area contributed by atoms with Crippen molar-refractivity contribution in [2.24, 2.45) is 5.73 Å². The summed E-state index contributed by atoms with van der Waals surface area (Å²) in [6, 6.07) is 8.38. The van der Waals surface area contributed by atoms with Crippen LogP contribution < -0.4 is 5.73 Å². The molecule has 1 nitrogen and oxygen atoms in total. The van der Waals surface area contributed by atoms with Crippen molar-refractivity contribution >= 4 is 5.57 Å². The third-order valence-corrected chi connectivity index (χ3v) is 2.37. The third-order valence-electron chi connectivity index (χ3n) is 2.37. The second kappa shape index (κ2) is 3.09. The highest BCUT2D eigenvalue weighted by Crippen LogP contribution is 2.30. The van der Waals surface area contributed by atoms with Crippen molar-refractivity contribution in [3.8, 4) is 0 Å².